The number of benzene rings is 1. The van der Waals surface area contributed by atoms with Gasteiger partial charge in [0.05, 0.1) is 24.6 Å². The Morgan fingerprint density at radius 3 is 2.46 bits per heavy atom. The molecule has 1 saturated carbocycles. The van der Waals surface area contributed by atoms with E-state index in [0.717, 1.165) is 29.1 Å². The first-order valence-electron chi connectivity index (χ1n) is 7.82. The molecule has 0 unspecified atom stereocenters. The number of alkyl halides is 2. The van der Waals surface area contributed by atoms with Crippen LogP contribution in [-0.4, -0.2) is 33.9 Å². The van der Waals surface area contributed by atoms with Crippen molar-refractivity contribution in [3.8, 4) is 0 Å². The summed E-state index contributed by atoms with van der Waals surface area (Å²) in [5, 5.41) is 2.58. The van der Waals surface area contributed by atoms with E-state index in [0.29, 0.717) is 11.6 Å². The van der Waals surface area contributed by atoms with Crippen LogP contribution in [-0.2, 0) is 6.54 Å². The number of rotatable bonds is 6. The number of hydrogen-bond acceptors (Lipinski definition) is 3. The zero-order valence-corrected chi connectivity index (χ0v) is 13.0. The monoisotopic (exact) mass is 332 g/mol. The average Bonchev–Trinajstić information content (AvgIpc) is 3.40. The van der Waals surface area contributed by atoms with Crippen LogP contribution in [0.25, 0.3) is 0 Å². The number of nitrogens with zero attached hydrogens (tertiary/aromatic N) is 3. The van der Waals surface area contributed by atoms with Crippen LogP contribution < -0.4 is 5.32 Å². The van der Waals surface area contributed by atoms with E-state index >= 15 is 0 Å². The van der Waals surface area contributed by atoms with Gasteiger partial charge < -0.3 is 10.2 Å². The van der Waals surface area contributed by atoms with E-state index in [-0.39, 0.29) is 6.54 Å². The van der Waals surface area contributed by atoms with Crippen LogP contribution in [0.2, 0.25) is 0 Å². The smallest absolute Gasteiger partial charge is 0.314 e. The zero-order chi connectivity index (χ0) is 16.9. The highest BCUT2D eigenvalue weighted by atomic mass is 19.3. The third-order valence-corrected chi connectivity index (χ3v) is 3.73. The summed E-state index contributed by atoms with van der Waals surface area (Å²) in [4.78, 5) is 21.8. The standard InChI is InChI=1S/C17H18F2N4O/c18-15(19)11-23(10-12-4-2-1-3-5-12)17(24)22-14-8-20-16(21-9-14)13-6-7-13/h1-5,8-9,13,15H,6-7,10-11H2,(H,22,24). The van der Waals surface area contributed by atoms with E-state index in [2.05, 4.69) is 15.3 Å². The second-order valence-electron chi connectivity index (χ2n) is 5.79. The highest BCUT2D eigenvalue weighted by molar-refractivity contribution is 5.88. The predicted octanol–water partition coefficient (Wildman–Crippen LogP) is 3.65. The maximum atomic E-state index is 12.8. The largest absolute Gasteiger partial charge is 0.322 e. The third kappa shape index (κ3) is 4.47. The van der Waals surface area contributed by atoms with Gasteiger partial charge in [0, 0.05) is 12.5 Å². The number of amides is 2. The van der Waals surface area contributed by atoms with Crippen molar-refractivity contribution in [1.82, 2.24) is 14.9 Å². The Labute approximate surface area is 138 Å². The molecule has 2 amide bonds. The van der Waals surface area contributed by atoms with E-state index in [9.17, 15) is 13.6 Å². The quantitative estimate of drug-likeness (QED) is 0.878. The van der Waals surface area contributed by atoms with Gasteiger partial charge in [0.1, 0.15) is 5.82 Å². The molecule has 24 heavy (non-hydrogen) atoms. The summed E-state index contributed by atoms with van der Waals surface area (Å²) >= 11 is 0. The maximum absolute atomic E-state index is 12.8. The molecule has 0 saturated heterocycles. The Morgan fingerprint density at radius 2 is 1.88 bits per heavy atom. The molecule has 1 fully saturated rings. The van der Waals surface area contributed by atoms with Crippen molar-refractivity contribution in [3.05, 3.63) is 54.1 Å². The second-order valence-corrected chi connectivity index (χ2v) is 5.79. The van der Waals surface area contributed by atoms with E-state index in [1.165, 1.54) is 12.4 Å². The molecular formula is C17H18F2N4O. The minimum absolute atomic E-state index is 0.109. The molecule has 1 heterocycles. The first-order valence-corrected chi connectivity index (χ1v) is 7.82. The van der Waals surface area contributed by atoms with Crippen LogP contribution in [0.4, 0.5) is 19.3 Å². The fraction of sp³-hybridized carbons (Fsp3) is 0.353. The molecule has 3 rings (SSSR count). The number of anilines is 1. The highest BCUT2D eigenvalue weighted by Crippen LogP contribution is 2.37. The minimum atomic E-state index is -2.60. The summed E-state index contributed by atoms with van der Waals surface area (Å²) in [5.74, 6) is 1.19. The Balaban J connectivity index is 1.65. The molecular weight excluding hydrogens is 314 g/mol. The summed E-state index contributed by atoms with van der Waals surface area (Å²) in [7, 11) is 0. The second kappa shape index (κ2) is 7.33. The molecule has 1 aromatic carbocycles. The lowest BCUT2D eigenvalue weighted by Gasteiger charge is -2.22. The highest BCUT2D eigenvalue weighted by Gasteiger charge is 2.26. The first kappa shape index (κ1) is 16.3. The molecule has 0 radical (unpaired) electrons. The van der Waals surface area contributed by atoms with Gasteiger partial charge in [-0.15, -0.1) is 0 Å². The molecule has 1 aliphatic rings. The molecule has 0 atom stereocenters. The van der Waals surface area contributed by atoms with Crippen LogP contribution in [0, 0.1) is 0 Å². The van der Waals surface area contributed by atoms with E-state index in [1.54, 1.807) is 24.3 Å². The van der Waals surface area contributed by atoms with Crippen LogP contribution in [0.1, 0.15) is 30.1 Å². The number of urea groups is 1. The van der Waals surface area contributed by atoms with Crippen molar-refractivity contribution in [2.24, 2.45) is 0 Å². The molecule has 126 valence electrons. The maximum Gasteiger partial charge on any atom is 0.322 e. The number of carbonyl (C=O) groups excluding carboxylic acids is 1. The molecule has 0 spiro atoms. The van der Waals surface area contributed by atoms with Crippen LogP contribution in [0.5, 0.6) is 0 Å². The fourth-order valence-corrected chi connectivity index (χ4v) is 2.35. The molecule has 2 aromatic rings. The van der Waals surface area contributed by atoms with Gasteiger partial charge in [-0.05, 0) is 18.4 Å². The van der Waals surface area contributed by atoms with Gasteiger partial charge in [-0.3, -0.25) is 0 Å². The van der Waals surface area contributed by atoms with Crippen LogP contribution in [0.3, 0.4) is 0 Å². The Morgan fingerprint density at radius 1 is 1.21 bits per heavy atom. The van der Waals surface area contributed by atoms with Gasteiger partial charge in [0.25, 0.3) is 6.43 Å². The SMILES string of the molecule is O=C(Nc1cnc(C2CC2)nc1)N(Cc1ccccc1)CC(F)F. The molecule has 0 bridgehead atoms. The lowest BCUT2D eigenvalue weighted by Crippen LogP contribution is -2.37. The molecule has 1 aromatic heterocycles. The minimum Gasteiger partial charge on any atom is -0.314 e. The summed E-state index contributed by atoms with van der Waals surface area (Å²) < 4.78 is 25.6. The lowest BCUT2D eigenvalue weighted by molar-refractivity contribution is 0.0997. The summed E-state index contributed by atoms with van der Waals surface area (Å²) in [5.41, 5.74) is 1.19. The zero-order valence-electron chi connectivity index (χ0n) is 13.0. The Bertz CT molecular complexity index is 675. The molecule has 5 nitrogen and oxygen atoms in total. The molecule has 1 aliphatic carbocycles. The van der Waals surface area contributed by atoms with Gasteiger partial charge in [-0.25, -0.2) is 23.5 Å². The fourth-order valence-electron chi connectivity index (χ4n) is 2.35. The Kier molecular flexibility index (Phi) is 4.98. The molecule has 7 heteroatoms. The van der Waals surface area contributed by atoms with Gasteiger partial charge in [-0.2, -0.15) is 0 Å². The number of nitrogens with one attached hydrogen (secondary N) is 1. The van der Waals surface area contributed by atoms with Gasteiger partial charge in [0.15, 0.2) is 0 Å². The number of carbonyl (C=O) groups is 1. The first-order chi connectivity index (χ1) is 11.6. The summed E-state index contributed by atoms with van der Waals surface area (Å²) in [6, 6.07) is 8.43. The predicted molar refractivity (Wildman–Crippen MR) is 85.9 cm³/mol. The van der Waals surface area contributed by atoms with Crippen molar-refractivity contribution in [1.29, 1.82) is 0 Å². The average molecular weight is 332 g/mol. The molecule has 0 aliphatic heterocycles. The Hall–Kier alpha value is -2.57. The van der Waals surface area contributed by atoms with Crippen LogP contribution >= 0.6 is 0 Å². The van der Waals surface area contributed by atoms with Crippen molar-refractivity contribution in [3.63, 3.8) is 0 Å². The van der Waals surface area contributed by atoms with Gasteiger partial charge in [-0.1, -0.05) is 30.3 Å². The lowest BCUT2D eigenvalue weighted by atomic mass is 10.2. The number of hydrogen-bond donors (Lipinski definition) is 1. The third-order valence-electron chi connectivity index (χ3n) is 3.73. The topological polar surface area (TPSA) is 58.1 Å². The van der Waals surface area contributed by atoms with Crippen molar-refractivity contribution in [2.75, 3.05) is 11.9 Å². The van der Waals surface area contributed by atoms with Gasteiger partial charge >= 0.3 is 6.03 Å². The number of aromatic nitrogens is 2. The van der Waals surface area contributed by atoms with Crippen molar-refractivity contribution >= 4 is 11.7 Å². The van der Waals surface area contributed by atoms with Gasteiger partial charge in [0.2, 0.25) is 0 Å². The summed E-state index contributed by atoms with van der Waals surface area (Å²) in [6.07, 6.45) is 2.60. The van der Waals surface area contributed by atoms with E-state index in [4.69, 9.17) is 0 Å². The van der Waals surface area contributed by atoms with E-state index in [1.807, 2.05) is 6.07 Å². The summed E-state index contributed by atoms with van der Waals surface area (Å²) in [6.45, 7) is -0.528. The number of halogens is 2. The van der Waals surface area contributed by atoms with Crippen LogP contribution in [0.15, 0.2) is 42.7 Å². The van der Waals surface area contributed by atoms with Crippen molar-refractivity contribution < 1.29 is 13.6 Å². The normalized spacial score (nSPS) is 13.8. The molecule has 1 N–H and O–H groups in total. The van der Waals surface area contributed by atoms with Crippen molar-refractivity contribution in [2.45, 2.75) is 31.7 Å². The van der Waals surface area contributed by atoms with E-state index < -0.39 is 19.0 Å².